The third-order valence-corrected chi connectivity index (χ3v) is 6.74. The van der Waals surface area contributed by atoms with Crippen LogP contribution in [0, 0.1) is 47.3 Å². The molecule has 4 bridgehead atoms. The molecule has 1 saturated heterocycles. The van der Waals surface area contributed by atoms with Crippen LogP contribution < -0.4 is 0 Å². The molecule has 0 radical (unpaired) electrons. The smallest absolute Gasteiger partial charge is 0.309 e. The number of ether oxygens (including phenoxy) is 1. The average molecular weight is 248 g/mol. The minimum absolute atomic E-state index is 0.152. The predicted molar refractivity (Wildman–Crippen MR) is 68.7 cm³/mol. The number of rotatable bonds is 0. The van der Waals surface area contributed by atoms with Gasteiger partial charge in [0.25, 0.3) is 0 Å². The standard InChI is InChI=1S/C14H18O2.C2H6/c15-14-13-9-4-8(10(13)5-16-14)11-6-1-2-7(3-6)12(9)11;1-2/h6-13H,1-5H2;1-2H3. The Kier molecular flexibility index (Phi) is 2.35. The zero-order valence-corrected chi connectivity index (χ0v) is 11.5. The number of hydrogen-bond donors (Lipinski definition) is 0. The van der Waals surface area contributed by atoms with Crippen LogP contribution in [0.3, 0.4) is 0 Å². The quantitative estimate of drug-likeness (QED) is 0.486. The van der Waals surface area contributed by atoms with Crippen molar-refractivity contribution in [3.05, 3.63) is 0 Å². The van der Waals surface area contributed by atoms with Crippen LogP contribution in [-0.4, -0.2) is 12.6 Å². The molecule has 4 saturated carbocycles. The molecule has 5 fully saturated rings. The molecule has 100 valence electrons. The van der Waals surface area contributed by atoms with Gasteiger partial charge in [-0.05, 0) is 61.2 Å². The molecule has 1 heterocycles. The Hall–Kier alpha value is -0.530. The Labute approximate surface area is 109 Å². The highest BCUT2D eigenvalue weighted by atomic mass is 16.5. The third kappa shape index (κ3) is 1.13. The Bertz CT molecular complexity index is 377. The summed E-state index contributed by atoms with van der Waals surface area (Å²) in [4.78, 5) is 11.8. The fourth-order valence-corrected chi connectivity index (χ4v) is 6.56. The highest BCUT2D eigenvalue weighted by Gasteiger charge is 2.68. The zero-order valence-electron chi connectivity index (χ0n) is 11.5. The highest BCUT2D eigenvalue weighted by Crippen LogP contribution is 2.71. The number of esters is 1. The Morgan fingerprint density at radius 1 is 0.944 bits per heavy atom. The van der Waals surface area contributed by atoms with Gasteiger partial charge in [0.05, 0.1) is 12.5 Å². The van der Waals surface area contributed by atoms with Gasteiger partial charge in [-0.3, -0.25) is 4.79 Å². The molecule has 0 aromatic heterocycles. The van der Waals surface area contributed by atoms with E-state index < -0.39 is 0 Å². The molecule has 0 amide bonds. The highest BCUT2D eigenvalue weighted by molar-refractivity contribution is 5.76. The first-order valence-electron chi connectivity index (χ1n) is 8.01. The van der Waals surface area contributed by atoms with E-state index in [1.165, 1.54) is 25.7 Å². The van der Waals surface area contributed by atoms with Crippen LogP contribution in [0.1, 0.15) is 39.5 Å². The first-order valence-corrected chi connectivity index (χ1v) is 8.01. The summed E-state index contributed by atoms with van der Waals surface area (Å²) in [5, 5.41) is 0. The lowest BCUT2D eigenvalue weighted by Gasteiger charge is -2.38. The second kappa shape index (κ2) is 3.74. The van der Waals surface area contributed by atoms with Crippen LogP contribution in [0.4, 0.5) is 0 Å². The lowest BCUT2D eigenvalue weighted by molar-refractivity contribution is -0.143. The first kappa shape index (κ1) is 11.3. The topological polar surface area (TPSA) is 26.3 Å². The third-order valence-electron chi connectivity index (χ3n) is 6.74. The Morgan fingerprint density at radius 3 is 2.33 bits per heavy atom. The van der Waals surface area contributed by atoms with Crippen molar-refractivity contribution in [2.75, 3.05) is 6.61 Å². The minimum Gasteiger partial charge on any atom is -0.465 e. The van der Waals surface area contributed by atoms with E-state index in [0.717, 1.165) is 42.1 Å². The van der Waals surface area contributed by atoms with Gasteiger partial charge in [0.1, 0.15) is 0 Å². The van der Waals surface area contributed by atoms with E-state index in [0.29, 0.717) is 11.8 Å². The van der Waals surface area contributed by atoms with Gasteiger partial charge in [-0.2, -0.15) is 0 Å². The maximum absolute atomic E-state index is 11.8. The summed E-state index contributed by atoms with van der Waals surface area (Å²) in [6.45, 7) is 4.76. The van der Waals surface area contributed by atoms with Crippen LogP contribution >= 0.6 is 0 Å². The van der Waals surface area contributed by atoms with E-state index in [-0.39, 0.29) is 5.97 Å². The maximum atomic E-state index is 11.8. The summed E-state index contributed by atoms with van der Waals surface area (Å²) in [6, 6.07) is 0. The molecule has 5 aliphatic rings. The van der Waals surface area contributed by atoms with Crippen LogP contribution in [0.2, 0.25) is 0 Å². The molecule has 4 aliphatic carbocycles. The van der Waals surface area contributed by atoms with Gasteiger partial charge >= 0.3 is 5.97 Å². The van der Waals surface area contributed by atoms with Crippen LogP contribution in [-0.2, 0) is 9.53 Å². The molecule has 0 N–H and O–H groups in total. The molecule has 18 heavy (non-hydrogen) atoms. The molecule has 1 aliphatic heterocycles. The summed E-state index contributed by atoms with van der Waals surface area (Å²) in [5.74, 6) is 6.63. The van der Waals surface area contributed by atoms with Crippen molar-refractivity contribution in [1.29, 1.82) is 0 Å². The normalized spacial score (nSPS) is 58.0. The molecule has 8 atom stereocenters. The molecule has 2 nitrogen and oxygen atoms in total. The number of fused-ring (bicyclic) bond motifs is 12. The van der Waals surface area contributed by atoms with E-state index in [4.69, 9.17) is 4.74 Å². The largest absolute Gasteiger partial charge is 0.465 e. The van der Waals surface area contributed by atoms with Crippen LogP contribution in [0.15, 0.2) is 0 Å². The summed E-state index contributed by atoms with van der Waals surface area (Å²) < 4.78 is 5.32. The molecule has 5 rings (SSSR count). The van der Waals surface area contributed by atoms with Crippen molar-refractivity contribution in [3.63, 3.8) is 0 Å². The van der Waals surface area contributed by atoms with Crippen LogP contribution in [0.5, 0.6) is 0 Å². The Balaban J connectivity index is 0.000000423. The molecule has 0 aromatic carbocycles. The van der Waals surface area contributed by atoms with E-state index in [9.17, 15) is 4.79 Å². The summed E-state index contributed by atoms with van der Waals surface area (Å²) >= 11 is 0. The lowest BCUT2D eigenvalue weighted by atomic mass is 9.64. The van der Waals surface area contributed by atoms with E-state index in [1.54, 1.807) is 0 Å². The van der Waals surface area contributed by atoms with Gasteiger partial charge in [-0.1, -0.05) is 13.8 Å². The fourth-order valence-electron chi connectivity index (χ4n) is 6.56. The zero-order chi connectivity index (χ0) is 12.4. The van der Waals surface area contributed by atoms with E-state index in [1.807, 2.05) is 13.8 Å². The summed E-state index contributed by atoms with van der Waals surface area (Å²) in [5.41, 5.74) is 0. The van der Waals surface area contributed by atoms with Crippen molar-refractivity contribution in [2.45, 2.75) is 39.5 Å². The Morgan fingerprint density at radius 2 is 1.61 bits per heavy atom. The van der Waals surface area contributed by atoms with Gasteiger partial charge in [-0.15, -0.1) is 0 Å². The van der Waals surface area contributed by atoms with Crippen LogP contribution in [0.25, 0.3) is 0 Å². The second-order valence-electron chi connectivity index (χ2n) is 6.87. The predicted octanol–water partition coefficient (Wildman–Crippen LogP) is 3.11. The number of hydrogen-bond acceptors (Lipinski definition) is 2. The molecule has 0 aromatic rings. The molecular formula is C16H24O2. The van der Waals surface area contributed by atoms with E-state index in [2.05, 4.69) is 0 Å². The monoisotopic (exact) mass is 248 g/mol. The summed E-state index contributed by atoms with van der Waals surface area (Å²) in [6.07, 6.45) is 5.81. The first-order chi connectivity index (χ1) is 8.84. The summed E-state index contributed by atoms with van der Waals surface area (Å²) in [7, 11) is 0. The van der Waals surface area contributed by atoms with E-state index >= 15 is 0 Å². The minimum atomic E-state index is 0.152. The van der Waals surface area contributed by atoms with Crippen molar-refractivity contribution >= 4 is 5.97 Å². The molecule has 8 unspecified atom stereocenters. The SMILES string of the molecule is CC.O=C1OCC2C3CC(C12)C1C2CCC(C2)C31. The van der Waals surface area contributed by atoms with Gasteiger partial charge in [0.15, 0.2) is 0 Å². The maximum Gasteiger partial charge on any atom is 0.309 e. The number of carbonyl (C=O) groups is 1. The molecule has 0 spiro atoms. The van der Waals surface area contributed by atoms with Crippen molar-refractivity contribution in [2.24, 2.45) is 47.3 Å². The number of cyclic esters (lactones) is 1. The van der Waals surface area contributed by atoms with Crippen molar-refractivity contribution in [3.8, 4) is 0 Å². The number of carbonyl (C=O) groups excluding carboxylic acids is 1. The second-order valence-corrected chi connectivity index (χ2v) is 6.87. The van der Waals surface area contributed by atoms with Gasteiger partial charge in [0.2, 0.25) is 0 Å². The molecule has 2 heteroatoms. The fraction of sp³-hybridized carbons (Fsp3) is 0.938. The van der Waals surface area contributed by atoms with Crippen molar-refractivity contribution in [1.82, 2.24) is 0 Å². The van der Waals surface area contributed by atoms with Gasteiger partial charge in [-0.25, -0.2) is 0 Å². The van der Waals surface area contributed by atoms with Gasteiger partial charge in [0, 0.05) is 5.92 Å². The average Bonchev–Trinajstić information content (AvgIpc) is 3.15. The van der Waals surface area contributed by atoms with Crippen molar-refractivity contribution < 1.29 is 9.53 Å². The molecular weight excluding hydrogens is 224 g/mol. The van der Waals surface area contributed by atoms with Gasteiger partial charge < -0.3 is 4.74 Å². The lowest BCUT2D eigenvalue weighted by Crippen LogP contribution is -2.38.